The summed E-state index contributed by atoms with van der Waals surface area (Å²) in [5, 5.41) is 11.7. The number of rotatable bonds is 6. The highest BCUT2D eigenvalue weighted by molar-refractivity contribution is 5.90. The Hall–Kier alpha value is -2.67. The topological polar surface area (TPSA) is 84.4 Å². The van der Waals surface area contributed by atoms with E-state index in [1.54, 1.807) is 0 Å². The molecule has 0 unspecified atom stereocenters. The molecule has 1 aliphatic heterocycles. The predicted molar refractivity (Wildman–Crippen MR) is 102 cm³/mol. The van der Waals surface area contributed by atoms with E-state index in [1.807, 2.05) is 32.0 Å². The SMILES string of the molecule is Cc1c(-c2nnc(C(=O)NCCCN3CCCC3)o2)oc2c(C)cccc12. The lowest BCUT2D eigenvalue weighted by atomic mass is 10.1. The number of aromatic nitrogens is 2. The van der Waals surface area contributed by atoms with E-state index >= 15 is 0 Å². The number of furan rings is 1. The maximum absolute atomic E-state index is 12.2. The molecule has 3 aromatic rings. The highest BCUT2D eigenvalue weighted by Gasteiger charge is 2.21. The largest absolute Gasteiger partial charge is 0.450 e. The van der Waals surface area contributed by atoms with Gasteiger partial charge in [0.2, 0.25) is 0 Å². The fourth-order valence-electron chi connectivity index (χ4n) is 3.58. The lowest BCUT2D eigenvalue weighted by Gasteiger charge is -2.13. The Labute approximate surface area is 157 Å². The first-order valence-corrected chi connectivity index (χ1v) is 9.46. The molecule has 1 aliphatic rings. The van der Waals surface area contributed by atoms with Crippen molar-refractivity contribution in [2.24, 2.45) is 0 Å². The number of aryl methyl sites for hydroxylation is 2. The molecule has 1 fully saturated rings. The molecule has 0 aliphatic carbocycles. The van der Waals surface area contributed by atoms with E-state index in [-0.39, 0.29) is 17.7 Å². The van der Waals surface area contributed by atoms with Crippen LogP contribution in [0.5, 0.6) is 0 Å². The van der Waals surface area contributed by atoms with Crippen LogP contribution < -0.4 is 5.32 Å². The van der Waals surface area contributed by atoms with Crippen LogP contribution in [0, 0.1) is 13.8 Å². The van der Waals surface area contributed by atoms with Gasteiger partial charge in [-0.25, -0.2) is 0 Å². The van der Waals surface area contributed by atoms with Crippen molar-refractivity contribution in [3.05, 3.63) is 35.2 Å². The number of fused-ring (bicyclic) bond motifs is 1. The van der Waals surface area contributed by atoms with Crippen molar-refractivity contribution in [1.29, 1.82) is 0 Å². The molecule has 7 nitrogen and oxygen atoms in total. The van der Waals surface area contributed by atoms with Crippen LogP contribution in [0.15, 0.2) is 27.0 Å². The van der Waals surface area contributed by atoms with E-state index in [4.69, 9.17) is 8.83 Å². The molecule has 0 spiro atoms. The average Bonchev–Trinajstić information content (AvgIpc) is 3.40. The van der Waals surface area contributed by atoms with Gasteiger partial charge in [0.15, 0.2) is 5.76 Å². The summed E-state index contributed by atoms with van der Waals surface area (Å²) < 4.78 is 11.5. The van der Waals surface area contributed by atoms with Gasteiger partial charge in [-0.15, -0.1) is 10.2 Å². The zero-order chi connectivity index (χ0) is 18.8. The molecule has 1 aromatic carbocycles. The van der Waals surface area contributed by atoms with E-state index in [0.29, 0.717) is 12.3 Å². The van der Waals surface area contributed by atoms with Gasteiger partial charge in [0.25, 0.3) is 5.89 Å². The molecule has 4 rings (SSSR count). The standard InChI is InChI=1S/C20H24N4O3/c1-13-7-5-8-15-14(2)17(26-16(13)15)19-22-23-20(27-19)18(25)21-9-6-12-24-10-3-4-11-24/h5,7-8H,3-4,6,9-12H2,1-2H3,(H,21,25). The van der Waals surface area contributed by atoms with Crippen molar-refractivity contribution in [3.8, 4) is 11.7 Å². The van der Waals surface area contributed by atoms with Gasteiger partial charge in [-0.05, 0) is 58.3 Å². The van der Waals surface area contributed by atoms with E-state index in [2.05, 4.69) is 20.4 Å². The summed E-state index contributed by atoms with van der Waals surface area (Å²) in [6, 6.07) is 5.97. The summed E-state index contributed by atoms with van der Waals surface area (Å²) in [5.41, 5.74) is 2.77. The number of carbonyl (C=O) groups excluding carboxylic acids is 1. The van der Waals surface area contributed by atoms with Crippen molar-refractivity contribution in [3.63, 3.8) is 0 Å². The number of nitrogens with zero attached hydrogens (tertiary/aromatic N) is 3. The molecule has 1 N–H and O–H groups in total. The minimum Gasteiger partial charge on any atom is -0.450 e. The summed E-state index contributed by atoms with van der Waals surface area (Å²) in [5.74, 6) is 0.355. The van der Waals surface area contributed by atoms with Gasteiger partial charge in [-0.3, -0.25) is 4.79 Å². The molecule has 1 saturated heterocycles. The zero-order valence-electron chi connectivity index (χ0n) is 15.7. The van der Waals surface area contributed by atoms with Crippen LogP contribution in [-0.4, -0.2) is 47.2 Å². The number of carbonyl (C=O) groups is 1. The van der Waals surface area contributed by atoms with Gasteiger partial charge in [0.05, 0.1) is 0 Å². The summed E-state index contributed by atoms with van der Waals surface area (Å²) in [6.07, 6.45) is 3.46. The van der Waals surface area contributed by atoms with E-state index in [1.165, 1.54) is 12.8 Å². The second-order valence-corrected chi connectivity index (χ2v) is 7.08. The first kappa shape index (κ1) is 17.7. The van der Waals surface area contributed by atoms with Crippen LogP contribution in [0.25, 0.3) is 22.6 Å². The van der Waals surface area contributed by atoms with Crippen molar-refractivity contribution >= 4 is 16.9 Å². The Balaban J connectivity index is 1.41. The second kappa shape index (κ2) is 7.52. The lowest BCUT2D eigenvalue weighted by molar-refractivity contribution is 0.0918. The molecule has 0 bridgehead atoms. The van der Waals surface area contributed by atoms with Gasteiger partial charge in [-0.1, -0.05) is 18.2 Å². The number of likely N-dealkylation sites (tertiary alicyclic amines) is 1. The Morgan fingerprint density at radius 1 is 1.19 bits per heavy atom. The normalized spacial score (nSPS) is 14.9. The minimum absolute atomic E-state index is 0.0391. The Bertz CT molecular complexity index is 953. The zero-order valence-corrected chi connectivity index (χ0v) is 15.7. The van der Waals surface area contributed by atoms with E-state index in [0.717, 1.165) is 48.2 Å². The molecule has 0 radical (unpaired) electrons. The Morgan fingerprint density at radius 3 is 2.78 bits per heavy atom. The number of para-hydroxylation sites is 1. The molecule has 142 valence electrons. The molecular formula is C20H24N4O3. The van der Waals surface area contributed by atoms with Gasteiger partial charge in [-0.2, -0.15) is 0 Å². The number of amides is 1. The Morgan fingerprint density at radius 2 is 2.00 bits per heavy atom. The highest BCUT2D eigenvalue weighted by atomic mass is 16.4. The third kappa shape index (κ3) is 3.60. The first-order chi connectivity index (χ1) is 13.1. The third-order valence-electron chi connectivity index (χ3n) is 5.11. The van der Waals surface area contributed by atoms with Crippen LogP contribution in [-0.2, 0) is 0 Å². The molecule has 0 atom stereocenters. The maximum Gasteiger partial charge on any atom is 0.308 e. The average molecular weight is 368 g/mol. The highest BCUT2D eigenvalue weighted by Crippen LogP contribution is 2.33. The van der Waals surface area contributed by atoms with Crippen molar-refractivity contribution in [2.75, 3.05) is 26.2 Å². The summed E-state index contributed by atoms with van der Waals surface area (Å²) in [7, 11) is 0. The van der Waals surface area contributed by atoms with Gasteiger partial charge in [0.1, 0.15) is 5.58 Å². The van der Waals surface area contributed by atoms with Crippen LogP contribution in [0.3, 0.4) is 0 Å². The first-order valence-electron chi connectivity index (χ1n) is 9.46. The summed E-state index contributed by atoms with van der Waals surface area (Å²) >= 11 is 0. The van der Waals surface area contributed by atoms with Crippen LogP contribution in [0.1, 0.15) is 41.1 Å². The second-order valence-electron chi connectivity index (χ2n) is 7.08. The quantitative estimate of drug-likeness (QED) is 0.672. The minimum atomic E-state index is -0.347. The smallest absolute Gasteiger partial charge is 0.308 e. The fraction of sp³-hybridized carbons (Fsp3) is 0.450. The maximum atomic E-state index is 12.2. The van der Waals surface area contributed by atoms with Crippen LogP contribution >= 0.6 is 0 Å². The number of hydrogen-bond acceptors (Lipinski definition) is 6. The van der Waals surface area contributed by atoms with E-state index < -0.39 is 0 Å². The molecule has 7 heteroatoms. The lowest BCUT2D eigenvalue weighted by Crippen LogP contribution is -2.28. The number of nitrogens with one attached hydrogen (secondary N) is 1. The van der Waals surface area contributed by atoms with Crippen molar-refractivity contribution in [1.82, 2.24) is 20.4 Å². The molecular weight excluding hydrogens is 344 g/mol. The molecule has 27 heavy (non-hydrogen) atoms. The van der Waals surface area contributed by atoms with Gasteiger partial charge < -0.3 is 19.1 Å². The van der Waals surface area contributed by atoms with Crippen LogP contribution in [0.4, 0.5) is 0 Å². The molecule has 0 saturated carbocycles. The van der Waals surface area contributed by atoms with Gasteiger partial charge in [0, 0.05) is 17.5 Å². The summed E-state index contributed by atoms with van der Waals surface area (Å²) in [6.45, 7) is 7.87. The monoisotopic (exact) mass is 368 g/mol. The molecule has 2 aromatic heterocycles. The molecule has 1 amide bonds. The number of hydrogen-bond donors (Lipinski definition) is 1. The predicted octanol–water partition coefficient (Wildman–Crippen LogP) is 3.32. The van der Waals surface area contributed by atoms with Gasteiger partial charge >= 0.3 is 11.8 Å². The Kier molecular flexibility index (Phi) is 4.94. The van der Waals surface area contributed by atoms with E-state index in [9.17, 15) is 4.79 Å². The van der Waals surface area contributed by atoms with Crippen LogP contribution in [0.2, 0.25) is 0 Å². The molecule has 3 heterocycles. The third-order valence-corrected chi connectivity index (χ3v) is 5.11. The van der Waals surface area contributed by atoms with Crippen molar-refractivity contribution in [2.45, 2.75) is 33.1 Å². The fourth-order valence-corrected chi connectivity index (χ4v) is 3.58. The number of benzene rings is 1. The summed E-state index contributed by atoms with van der Waals surface area (Å²) in [4.78, 5) is 14.7. The van der Waals surface area contributed by atoms with Crippen molar-refractivity contribution < 1.29 is 13.6 Å².